The third-order valence-electron chi connectivity index (χ3n) is 5.33. The molecule has 138 valence electrons. The molecule has 1 aliphatic carbocycles. The highest BCUT2D eigenvalue weighted by Crippen LogP contribution is 2.47. The molecule has 1 heteroatoms. The van der Waals surface area contributed by atoms with Crippen molar-refractivity contribution >= 4 is 11.1 Å². The third-order valence-corrected chi connectivity index (χ3v) is 5.33. The van der Waals surface area contributed by atoms with E-state index in [0.29, 0.717) is 5.92 Å². The zero-order chi connectivity index (χ0) is 19.2. The van der Waals surface area contributed by atoms with E-state index in [4.69, 9.17) is 0 Å². The first-order valence-corrected chi connectivity index (χ1v) is 9.77. The molecule has 0 fully saturated rings. The lowest BCUT2D eigenvalue weighted by molar-refractivity contribution is 0.534. The van der Waals surface area contributed by atoms with Crippen molar-refractivity contribution in [1.82, 2.24) is 5.32 Å². The van der Waals surface area contributed by atoms with E-state index in [0.717, 1.165) is 12.1 Å². The molecule has 0 amide bonds. The molecule has 1 nitrogen and oxygen atoms in total. The van der Waals surface area contributed by atoms with Gasteiger partial charge in [0.2, 0.25) is 0 Å². The summed E-state index contributed by atoms with van der Waals surface area (Å²) >= 11 is 0. The number of allylic oxidation sites excluding steroid dienone is 6. The number of hydrogen-bond donors (Lipinski definition) is 1. The van der Waals surface area contributed by atoms with Gasteiger partial charge in [-0.15, -0.1) is 0 Å². The predicted octanol–water partition coefficient (Wildman–Crippen LogP) is 6.49. The van der Waals surface area contributed by atoms with Crippen molar-refractivity contribution in [1.29, 1.82) is 0 Å². The summed E-state index contributed by atoms with van der Waals surface area (Å²) < 4.78 is 0. The number of hydrogen-bond acceptors (Lipinski definition) is 1. The Hall–Kier alpha value is -2.80. The summed E-state index contributed by atoms with van der Waals surface area (Å²) in [5.41, 5.74) is 7.46. The number of likely N-dealkylation sites (N-methyl/N-ethyl adjacent to an activating group) is 1. The average Bonchev–Trinajstić information content (AvgIpc) is 2.72. The van der Waals surface area contributed by atoms with Crippen LogP contribution in [0.25, 0.3) is 11.1 Å². The van der Waals surface area contributed by atoms with E-state index in [9.17, 15) is 0 Å². The summed E-state index contributed by atoms with van der Waals surface area (Å²) in [5.74, 6) is 0.687. The van der Waals surface area contributed by atoms with E-state index < -0.39 is 0 Å². The van der Waals surface area contributed by atoms with E-state index in [-0.39, 0.29) is 5.92 Å². The molecular formula is C26H29N. The first-order chi connectivity index (χ1) is 13.2. The normalized spacial score (nSPS) is 18.6. The Morgan fingerprint density at radius 2 is 1.59 bits per heavy atom. The topological polar surface area (TPSA) is 12.0 Å². The molecule has 0 heterocycles. The largest absolute Gasteiger partial charge is 0.388 e. The van der Waals surface area contributed by atoms with Crippen LogP contribution in [-0.4, -0.2) is 7.05 Å². The van der Waals surface area contributed by atoms with Crippen LogP contribution in [0, 0.1) is 11.8 Å². The molecule has 1 N–H and O–H groups in total. The second kappa shape index (κ2) is 8.73. The summed E-state index contributed by atoms with van der Waals surface area (Å²) in [6.07, 6.45) is 7.81. The van der Waals surface area contributed by atoms with Gasteiger partial charge in [0.15, 0.2) is 0 Å². The van der Waals surface area contributed by atoms with Gasteiger partial charge in [-0.2, -0.15) is 0 Å². The van der Waals surface area contributed by atoms with Gasteiger partial charge in [0.25, 0.3) is 0 Å². The first kappa shape index (κ1) is 19.0. The highest BCUT2D eigenvalue weighted by Gasteiger charge is 2.32. The highest BCUT2D eigenvalue weighted by atomic mass is 14.8. The molecule has 0 saturated carbocycles. The van der Waals surface area contributed by atoms with Crippen LogP contribution in [0.4, 0.5) is 0 Å². The highest BCUT2D eigenvalue weighted by molar-refractivity contribution is 6.01. The van der Waals surface area contributed by atoms with Gasteiger partial charge in [0.05, 0.1) is 0 Å². The van der Waals surface area contributed by atoms with Gasteiger partial charge in [-0.1, -0.05) is 86.3 Å². The predicted molar refractivity (Wildman–Crippen MR) is 118 cm³/mol. The van der Waals surface area contributed by atoms with Crippen molar-refractivity contribution in [3.63, 3.8) is 0 Å². The molecule has 0 radical (unpaired) electrons. The second-order valence-corrected chi connectivity index (χ2v) is 6.98. The van der Waals surface area contributed by atoms with Crippen LogP contribution in [0.15, 0.2) is 96.7 Å². The quantitative estimate of drug-likeness (QED) is 0.584. The smallest absolute Gasteiger partial charge is 0.0423 e. The minimum atomic E-state index is 0.265. The first-order valence-electron chi connectivity index (χ1n) is 9.77. The molecule has 2 atom stereocenters. The number of benzene rings is 2. The van der Waals surface area contributed by atoms with Gasteiger partial charge in [-0.3, -0.25) is 0 Å². The molecule has 27 heavy (non-hydrogen) atoms. The minimum absolute atomic E-state index is 0.265. The molecule has 2 aromatic rings. The zero-order valence-electron chi connectivity index (χ0n) is 16.6. The fourth-order valence-corrected chi connectivity index (χ4v) is 4.11. The molecule has 1 aliphatic rings. The van der Waals surface area contributed by atoms with Crippen molar-refractivity contribution in [2.75, 3.05) is 7.05 Å². The molecule has 2 aromatic carbocycles. The maximum atomic E-state index is 4.46. The van der Waals surface area contributed by atoms with Crippen LogP contribution in [0.5, 0.6) is 0 Å². The zero-order valence-corrected chi connectivity index (χ0v) is 16.6. The number of nitrogens with one attached hydrogen (secondary N) is 1. The SMILES string of the molecule is C=C1C=C(NC)C(c2ccccc2)=C(c2ccccc2)C1C(/C=C\C)CC. The fraction of sp³-hybridized carbons (Fsp3) is 0.231. The van der Waals surface area contributed by atoms with Crippen molar-refractivity contribution in [2.45, 2.75) is 20.3 Å². The lowest BCUT2D eigenvalue weighted by Crippen LogP contribution is -2.23. The fourth-order valence-electron chi connectivity index (χ4n) is 4.11. The molecule has 0 bridgehead atoms. The van der Waals surface area contributed by atoms with Crippen LogP contribution in [-0.2, 0) is 0 Å². The van der Waals surface area contributed by atoms with E-state index in [1.165, 1.54) is 27.8 Å². The van der Waals surface area contributed by atoms with Gasteiger partial charge in [-0.25, -0.2) is 0 Å². The Morgan fingerprint density at radius 3 is 2.11 bits per heavy atom. The van der Waals surface area contributed by atoms with Gasteiger partial charge >= 0.3 is 0 Å². The van der Waals surface area contributed by atoms with E-state index in [1.807, 2.05) is 7.05 Å². The molecule has 0 aromatic heterocycles. The molecule has 3 rings (SSSR count). The van der Waals surface area contributed by atoms with Crippen LogP contribution >= 0.6 is 0 Å². The summed E-state index contributed by atoms with van der Waals surface area (Å²) in [6.45, 7) is 8.83. The van der Waals surface area contributed by atoms with Crippen LogP contribution in [0.2, 0.25) is 0 Å². The van der Waals surface area contributed by atoms with E-state index in [2.05, 4.69) is 105 Å². The molecule has 0 aliphatic heterocycles. The lowest BCUT2D eigenvalue weighted by atomic mass is 9.70. The van der Waals surface area contributed by atoms with E-state index in [1.54, 1.807) is 0 Å². The minimum Gasteiger partial charge on any atom is -0.388 e. The standard InChI is InChI=1S/C26H29N/c1-5-13-20(6-2)24-19(3)18-23(27-4)25(21-14-9-7-10-15-21)26(24)22-16-11-8-12-17-22/h5,7-18,20,24,27H,3,6H2,1-2,4H3/b13-5-. The lowest BCUT2D eigenvalue weighted by Gasteiger charge is -2.35. The van der Waals surface area contributed by atoms with Gasteiger partial charge in [-0.05, 0) is 47.6 Å². The maximum absolute atomic E-state index is 4.46. The van der Waals surface area contributed by atoms with Crippen LogP contribution in [0.1, 0.15) is 31.4 Å². The monoisotopic (exact) mass is 355 g/mol. The van der Waals surface area contributed by atoms with Gasteiger partial charge in [0.1, 0.15) is 0 Å². The van der Waals surface area contributed by atoms with Crippen LogP contribution in [0.3, 0.4) is 0 Å². The summed E-state index contributed by atoms with van der Waals surface area (Å²) in [6, 6.07) is 21.5. The van der Waals surface area contributed by atoms with Crippen molar-refractivity contribution in [2.24, 2.45) is 11.8 Å². The Kier molecular flexibility index (Phi) is 6.13. The average molecular weight is 356 g/mol. The second-order valence-electron chi connectivity index (χ2n) is 6.98. The van der Waals surface area contributed by atoms with Crippen LogP contribution < -0.4 is 5.32 Å². The molecular weight excluding hydrogens is 326 g/mol. The van der Waals surface area contributed by atoms with Gasteiger partial charge in [0, 0.05) is 24.2 Å². The van der Waals surface area contributed by atoms with Gasteiger partial charge < -0.3 is 5.32 Å². The molecule has 0 spiro atoms. The summed E-state index contributed by atoms with van der Waals surface area (Å²) in [4.78, 5) is 0. The molecule has 2 unspecified atom stereocenters. The maximum Gasteiger partial charge on any atom is 0.0423 e. The number of rotatable bonds is 6. The van der Waals surface area contributed by atoms with Crippen molar-refractivity contribution in [3.05, 3.63) is 108 Å². The Morgan fingerprint density at radius 1 is 1.00 bits per heavy atom. The Balaban J connectivity index is 2.33. The van der Waals surface area contributed by atoms with E-state index >= 15 is 0 Å². The van der Waals surface area contributed by atoms with Crippen molar-refractivity contribution in [3.8, 4) is 0 Å². The Bertz CT molecular complexity index is 869. The third kappa shape index (κ3) is 3.83. The Labute approximate surface area is 163 Å². The van der Waals surface area contributed by atoms with Crippen molar-refractivity contribution < 1.29 is 0 Å². The summed E-state index contributed by atoms with van der Waals surface area (Å²) in [5, 5.41) is 3.42. The molecule has 0 saturated heterocycles. The summed E-state index contributed by atoms with van der Waals surface area (Å²) in [7, 11) is 1.99.